The molecule has 168 valence electrons. The molecule has 0 bridgehead atoms. The molecule has 2 atom stereocenters. The molecule has 1 saturated heterocycles. The van der Waals surface area contributed by atoms with Crippen molar-refractivity contribution in [3.05, 3.63) is 53.1 Å². The molecule has 6 heteroatoms. The summed E-state index contributed by atoms with van der Waals surface area (Å²) in [5, 5.41) is 3.38. The molecule has 2 aromatic carbocycles. The van der Waals surface area contributed by atoms with Gasteiger partial charge in [0.1, 0.15) is 41.3 Å². The van der Waals surface area contributed by atoms with E-state index in [1.807, 2.05) is 12.1 Å². The number of rotatable bonds is 4. The Balaban J connectivity index is 1.19. The molecule has 6 nitrogen and oxygen atoms in total. The van der Waals surface area contributed by atoms with Crippen LogP contribution in [0.2, 0.25) is 0 Å². The van der Waals surface area contributed by atoms with Crippen LogP contribution in [0, 0.1) is 0 Å². The number of hydrogen-bond acceptors (Lipinski definition) is 6. The highest BCUT2D eigenvalue weighted by molar-refractivity contribution is 5.66. The summed E-state index contributed by atoms with van der Waals surface area (Å²) >= 11 is 0. The maximum absolute atomic E-state index is 6.46. The van der Waals surface area contributed by atoms with E-state index in [2.05, 4.69) is 54.4 Å². The standard InChI is InChI=1S/C26H30N2O4/c1-26(2)6-5-17-13-20-23(15-22(17)32-26)30-16-21-19-4-3-18(14-24(19)31-25(20)21)29-12-11-28-9-7-27-8-10-28/h3-6,13-15,21,25,27H,7-12,16H2,1-2H3/t21-,25-/m0/s1. The Labute approximate surface area is 189 Å². The Hall–Kier alpha value is -2.70. The van der Waals surface area contributed by atoms with Gasteiger partial charge in [0.05, 0.1) is 12.5 Å². The molecule has 1 N–H and O–H groups in total. The Morgan fingerprint density at radius 2 is 1.94 bits per heavy atom. The van der Waals surface area contributed by atoms with Crippen LogP contribution < -0.4 is 24.3 Å². The first-order chi connectivity index (χ1) is 15.6. The van der Waals surface area contributed by atoms with E-state index in [1.54, 1.807) is 0 Å². The molecule has 4 aliphatic rings. The zero-order chi connectivity index (χ0) is 21.7. The van der Waals surface area contributed by atoms with Crippen LogP contribution in [0.15, 0.2) is 36.4 Å². The maximum Gasteiger partial charge on any atom is 0.138 e. The molecule has 32 heavy (non-hydrogen) atoms. The highest BCUT2D eigenvalue weighted by atomic mass is 16.5. The topological polar surface area (TPSA) is 52.2 Å². The number of ether oxygens (including phenoxy) is 4. The second-order valence-corrected chi connectivity index (χ2v) is 9.56. The second-order valence-electron chi connectivity index (χ2n) is 9.56. The van der Waals surface area contributed by atoms with Crippen molar-refractivity contribution in [2.24, 2.45) is 0 Å². The molecule has 0 aliphatic carbocycles. The average Bonchev–Trinajstić information content (AvgIpc) is 3.16. The van der Waals surface area contributed by atoms with E-state index in [0.717, 1.165) is 66.8 Å². The Morgan fingerprint density at radius 3 is 2.81 bits per heavy atom. The van der Waals surface area contributed by atoms with Crippen molar-refractivity contribution in [2.75, 3.05) is 45.9 Å². The van der Waals surface area contributed by atoms with Gasteiger partial charge in [0.2, 0.25) is 0 Å². The summed E-state index contributed by atoms with van der Waals surface area (Å²) in [7, 11) is 0. The van der Waals surface area contributed by atoms with Gasteiger partial charge >= 0.3 is 0 Å². The SMILES string of the molecule is CC1(C)C=Cc2cc3c(cc2O1)OC[C@H]1c2ccc(OCCN4CCNCC4)cc2O[C@@H]31. The van der Waals surface area contributed by atoms with Crippen LogP contribution in [0.3, 0.4) is 0 Å². The summed E-state index contributed by atoms with van der Waals surface area (Å²) in [5.74, 6) is 3.68. The van der Waals surface area contributed by atoms with E-state index in [9.17, 15) is 0 Å². The predicted molar refractivity (Wildman–Crippen MR) is 123 cm³/mol. The van der Waals surface area contributed by atoms with Gasteiger partial charge in [-0.15, -0.1) is 0 Å². The molecular weight excluding hydrogens is 404 g/mol. The molecule has 4 aliphatic heterocycles. The van der Waals surface area contributed by atoms with Crippen LogP contribution in [-0.2, 0) is 0 Å². The van der Waals surface area contributed by atoms with Crippen LogP contribution >= 0.6 is 0 Å². The minimum absolute atomic E-state index is 0.0431. The van der Waals surface area contributed by atoms with Crippen LogP contribution in [0.1, 0.15) is 42.6 Å². The van der Waals surface area contributed by atoms with E-state index in [0.29, 0.717) is 13.2 Å². The summed E-state index contributed by atoms with van der Waals surface area (Å²) in [6.07, 6.45) is 4.19. The summed E-state index contributed by atoms with van der Waals surface area (Å²) < 4.78 is 24.8. The molecule has 0 unspecified atom stereocenters. The van der Waals surface area contributed by atoms with Gasteiger partial charge in [-0.3, -0.25) is 4.90 Å². The molecule has 6 rings (SSSR count). The van der Waals surface area contributed by atoms with E-state index < -0.39 is 0 Å². The summed E-state index contributed by atoms with van der Waals surface area (Å²) in [6.45, 7) is 10.6. The average molecular weight is 435 g/mol. The fraction of sp³-hybridized carbons (Fsp3) is 0.462. The summed E-state index contributed by atoms with van der Waals surface area (Å²) in [4.78, 5) is 2.43. The molecule has 0 aromatic heterocycles. The van der Waals surface area contributed by atoms with Crippen molar-refractivity contribution in [3.63, 3.8) is 0 Å². The first-order valence-electron chi connectivity index (χ1n) is 11.6. The van der Waals surface area contributed by atoms with Gasteiger partial charge in [-0.2, -0.15) is 0 Å². The van der Waals surface area contributed by atoms with Gasteiger partial charge in [-0.1, -0.05) is 12.1 Å². The van der Waals surface area contributed by atoms with Crippen molar-refractivity contribution >= 4 is 6.08 Å². The van der Waals surface area contributed by atoms with Crippen LogP contribution in [0.4, 0.5) is 0 Å². The second kappa shape index (κ2) is 7.71. The molecule has 0 amide bonds. The fourth-order valence-corrected chi connectivity index (χ4v) is 5.03. The van der Waals surface area contributed by atoms with E-state index in [4.69, 9.17) is 18.9 Å². The van der Waals surface area contributed by atoms with Crippen LogP contribution in [0.25, 0.3) is 6.08 Å². The fourth-order valence-electron chi connectivity index (χ4n) is 5.03. The van der Waals surface area contributed by atoms with Crippen molar-refractivity contribution < 1.29 is 18.9 Å². The number of nitrogens with zero attached hydrogens (tertiary/aromatic N) is 1. The van der Waals surface area contributed by atoms with Crippen molar-refractivity contribution in [1.29, 1.82) is 0 Å². The van der Waals surface area contributed by atoms with Gasteiger partial charge in [-0.05, 0) is 32.1 Å². The lowest BCUT2D eigenvalue weighted by molar-refractivity contribution is 0.135. The third kappa shape index (κ3) is 3.61. The van der Waals surface area contributed by atoms with Crippen LogP contribution in [-0.4, -0.2) is 56.4 Å². The zero-order valence-corrected chi connectivity index (χ0v) is 18.7. The molecule has 4 heterocycles. The van der Waals surface area contributed by atoms with Gasteiger partial charge in [0, 0.05) is 61.5 Å². The van der Waals surface area contributed by atoms with Crippen LogP contribution in [0.5, 0.6) is 23.0 Å². The minimum atomic E-state index is -0.306. The van der Waals surface area contributed by atoms with E-state index in [1.165, 1.54) is 5.56 Å². The Bertz CT molecular complexity index is 1060. The predicted octanol–water partition coefficient (Wildman–Crippen LogP) is 3.76. The number of piperazine rings is 1. The van der Waals surface area contributed by atoms with Crippen molar-refractivity contribution in [1.82, 2.24) is 10.2 Å². The lowest BCUT2D eigenvalue weighted by Gasteiger charge is -2.32. The number of fused-ring (bicyclic) bond motifs is 6. The highest BCUT2D eigenvalue weighted by Crippen LogP contribution is 2.53. The maximum atomic E-state index is 6.46. The molecule has 2 aromatic rings. The number of benzene rings is 2. The minimum Gasteiger partial charge on any atom is -0.492 e. The number of hydrogen-bond donors (Lipinski definition) is 1. The Morgan fingerprint density at radius 1 is 1.06 bits per heavy atom. The quantitative estimate of drug-likeness (QED) is 0.791. The molecule has 0 spiro atoms. The highest BCUT2D eigenvalue weighted by Gasteiger charge is 2.41. The first-order valence-corrected chi connectivity index (χ1v) is 11.6. The number of nitrogens with one attached hydrogen (secondary N) is 1. The lowest BCUT2D eigenvalue weighted by Crippen LogP contribution is -2.44. The molecule has 0 radical (unpaired) electrons. The lowest BCUT2D eigenvalue weighted by atomic mass is 9.88. The van der Waals surface area contributed by atoms with E-state index in [-0.39, 0.29) is 17.6 Å². The summed E-state index contributed by atoms with van der Waals surface area (Å²) in [5.41, 5.74) is 3.05. The van der Waals surface area contributed by atoms with Gasteiger partial charge in [0.25, 0.3) is 0 Å². The largest absolute Gasteiger partial charge is 0.492 e. The molecule has 1 fully saturated rings. The smallest absolute Gasteiger partial charge is 0.138 e. The third-order valence-electron chi connectivity index (χ3n) is 6.79. The van der Waals surface area contributed by atoms with E-state index >= 15 is 0 Å². The normalized spacial score (nSPS) is 24.8. The summed E-state index contributed by atoms with van der Waals surface area (Å²) in [6, 6.07) is 10.4. The van der Waals surface area contributed by atoms with Gasteiger partial charge in [-0.25, -0.2) is 0 Å². The van der Waals surface area contributed by atoms with Crippen molar-refractivity contribution in [2.45, 2.75) is 31.5 Å². The first kappa shape index (κ1) is 19.9. The van der Waals surface area contributed by atoms with Gasteiger partial charge in [0.15, 0.2) is 0 Å². The third-order valence-corrected chi connectivity index (χ3v) is 6.79. The monoisotopic (exact) mass is 434 g/mol. The van der Waals surface area contributed by atoms with Gasteiger partial charge < -0.3 is 24.3 Å². The Kier molecular flexibility index (Phi) is 4.81. The molecular formula is C26H30N2O4. The zero-order valence-electron chi connectivity index (χ0n) is 18.7. The van der Waals surface area contributed by atoms with Crippen molar-refractivity contribution in [3.8, 4) is 23.0 Å². The molecule has 0 saturated carbocycles.